The Morgan fingerprint density at radius 2 is 2.14 bits per heavy atom. The van der Waals surface area contributed by atoms with Crippen molar-refractivity contribution in [1.29, 1.82) is 0 Å². The number of halogens is 1. The number of thiophene rings is 1. The number of nitrogens with one attached hydrogen (secondary N) is 1. The molecule has 1 atom stereocenters. The third-order valence-corrected chi connectivity index (χ3v) is 5.91. The number of anilines is 1. The Labute approximate surface area is 137 Å². The van der Waals surface area contributed by atoms with Crippen molar-refractivity contribution in [1.82, 2.24) is 5.32 Å². The second-order valence-corrected chi connectivity index (χ2v) is 7.00. The lowest BCUT2D eigenvalue weighted by atomic mass is 9.96. The molecule has 0 bridgehead atoms. The first-order valence-corrected chi connectivity index (χ1v) is 8.58. The minimum atomic E-state index is 0.174. The summed E-state index contributed by atoms with van der Waals surface area (Å²) in [7, 11) is 3.83. The van der Waals surface area contributed by atoms with Crippen LogP contribution in [0.15, 0.2) is 34.1 Å². The van der Waals surface area contributed by atoms with Gasteiger partial charge in [0.1, 0.15) is 0 Å². The number of carbonyl (C=O) groups excluding carboxylic acids is 1. The SMILES string of the molecule is CNC(c1ccc2c(c1)CCC(=O)N2C)c1sccc1Br. The van der Waals surface area contributed by atoms with Crippen molar-refractivity contribution in [2.75, 3.05) is 19.0 Å². The fourth-order valence-electron chi connectivity index (χ4n) is 2.82. The number of fused-ring (bicyclic) bond motifs is 1. The van der Waals surface area contributed by atoms with E-state index >= 15 is 0 Å². The van der Waals surface area contributed by atoms with Crippen LogP contribution in [0, 0.1) is 0 Å². The third-order valence-electron chi connectivity index (χ3n) is 3.98. The van der Waals surface area contributed by atoms with E-state index in [4.69, 9.17) is 0 Å². The van der Waals surface area contributed by atoms with Crippen molar-refractivity contribution in [3.8, 4) is 0 Å². The van der Waals surface area contributed by atoms with Crippen LogP contribution in [0.25, 0.3) is 0 Å². The molecule has 1 aromatic heterocycles. The van der Waals surface area contributed by atoms with Crippen LogP contribution < -0.4 is 10.2 Å². The molecule has 1 aliphatic heterocycles. The van der Waals surface area contributed by atoms with E-state index in [0.29, 0.717) is 6.42 Å². The highest BCUT2D eigenvalue weighted by molar-refractivity contribution is 9.10. The molecule has 1 aromatic carbocycles. The van der Waals surface area contributed by atoms with Gasteiger partial charge in [-0.1, -0.05) is 12.1 Å². The van der Waals surface area contributed by atoms with Gasteiger partial charge in [-0.25, -0.2) is 0 Å². The second kappa shape index (κ2) is 5.91. The highest BCUT2D eigenvalue weighted by Crippen LogP contribution is 2.35. The van der Waals surface area contributed by atoms with E-state index in [-0.39, 0.29) is 11.9 Å². The summed E-state index contributed by atoms with van der Waals surface area (Å²) in [5.74, 6) is 0.196. The fraction of sp³-hybridized carbons (Fsp3) is 0.312. The van der Waals surface area contributed by atoms with Gasteiger partial charge in [0.25, 0.3) is 0 Å². The average Bonchev–Trinajstić information content (AvgIpc) is 2.90. The van der Waals surface area contributed by atoms with Gasteiger partial charge < -0.3 is 10.2 Å². The minimum absolute atomic E-state index is 0.174. The zero-order valence-corrected chi connectivity index (χ0v) is 14.4. The minimum Gasteiger partial charge on any atom is -0.315 e. The Balaban J connectivity index is 2.00. The summed E-state index contributed by atoms with van der Waals surface area (Å²) in [6.45, 7) is 0. The van der Waals surface area contributed by atoms with E-state index in [2.05, 4.69) is 50.9 Å². The van der Waals surface area contributed by atoms with E-state index in [1.54, 1.807) is 16.2 Å². The number of benzene rings is 1. The largest absolute Gasteiger partial charge is 0.315 e. The highest BCUT2D eigenvalue weighted by atomic mass is 79.9. The monoisotopic (exact) mass is 364 g/mol. The zero-order chi connectivity index (χ0) is 15.0. The van der Waals surface area contributed by atoms with Gasteiger partial charge in [-0.3, -0.25) is 4.79 Å². The Hall–Kier alpha value is -1.17. The van der Waals surface area contributed by atoms with Crippen LogP contribution in [0.3, 0.4) is 0 Å². The summed E-state index contributed by atoms with van der Waals surface area (Å²) >= 11 is 5.36. The first-order chi connectivity index (χ1) is 10.1. The fourth-order valence-corrected chi connectivity index (χ4v) is 4.55. The van der Waals surface area contributed by atoms with Crippen molar-refractivity contribution >= 4 is 38.9 Å². The molecule has 5 heteroatoms. The molecular weight excluding hydrogens is 348 g/mol. The number of hydrogen-bond donors (Lipinski definition) is 1. The molecule has 2 heterocycles. The summed E-state index contributed by atoms with van der Waals surface area (Å²) in [6.07, 6.45) is 1.42. The van der Waals surface area contributed by atoms with Gasteiger partial charge in [0, 0.05) is 28.5 Å². The van der Waals surface area contributed by atoms with Gasteiger partial charge in [-0.2, -0.15) is 0 Å². The van der Waals surface area contributed by atoms with Crippen LogP contribution in [0.1, 0.15) is 28.5 Å². The number of hydrogen-bond acceptors (Lipinski definition) is 3. The molecular formula is C16H17BrN2OS. The summed E-state index contributed by atoms with van der Waals surface area (Å²) in [6, 6.07) is 8.66. The van der Waals surface area contributed by atoms with Crippen molar-refractivity contribution in [3.05, 3.63) is 50.1 Å². The molecule has 1 unspecified atom stereocenters. The maximum absolute atomic E-state index is 11.8. The van der Waals surface area contributed by atoms with Gasteiger partial charge in [-0.15, -0.1) is 11.3 Å². The van der Waals surface area contributed by atoms with Crippen LogP contribution in [0.2, 0.25) is 0 Å². The van der Waals surface area contributed by atoms with Crippen molar-refractivity contribution in [3.63, 3.8) is 0 Å². The quantitative estimate of drug-likeness (QED) is 0.899. The Morgan fingerprint density at radius 3 is 2.81 bits per heavy atom. The highest BCUT2D eigenvalue weighted by Gasteiger charge is 2.23. The molecule has 0 radical (unpaired) electrons. The second-order valence-electron chi connectivity index (χ2n) is 5.20. The molecule has 1 aliphatic rings. The number of nitrogens with zero attached hydrogens (tertiary/aromatic N) is 1. The Morgan fingerprint density at radius 1 is 1.33 bits per heavy atom. The van der Waals surface area contributed by atoms with Crippen LogP contribution in [-0.2, 0) is 11.2 Å². The topological polar surface area (TPSA) is 32.3 Å². The van der Waals surface area contributed by atoms with E-state index in [9.17, 15) is 4.79 Å². The standard InChI is InChI=1S/C16H17BrN2OS/c1-18-15(16-12(17)7-8-21-16)11-3-5-13-10(9-11)4-6-14(20)19(13)2/h3,5,7-9,15,18H,4,6H2,1-2H3. The van der Waals surface area contributed by atoms with Gasteiger partial charge in [0.05, 0.1) is 6.04 Å². The number of amides is 1. The van der Waals surface area contributed by atoms with E-state index in [0.717, 1.165) is 16.6 Å². The molecule has 3 rings (SSSR count). The lowest BCUT2D eigenvalue weighted by molar-refractivity contribution is -0.118. The average molecular weight is 365 g/mol. The molecule has 0 spiro atoms. The zero-order valence-electron chi connectivity index (χ0n) is 12.0. The number of aryl methyl sites for hydroxylation is 1. The first-order valence-electron chi connectivity index (χ1n) is 6.91. The molecule has 1 N–H and O–H groups in total. The van der Waals surface area contributed by atoms with Crippen molar-refractivity contribution in [2.24, 2.45) is 0 Å². The van der Waals surface area contributed by atoms with Crippen molar-refractivity contribution in [2.45, 2.75) is 18.9 Å². The van der Waals surface area contributed by atoms with Gasteiger partial charge in [0.15, 0.2) is 0 Å². The maximum atomic E-state index is 11.8. The molecule has 0 aliphatic carbocycles. The Kier molecular flexibility index (Phi) is 4.15. The van der Waals surface area contributed by atoms with E-state index < -0.39 is 0 Å². The predicted octanol–water partition coefficient (Wildman–Crippen LogP) is 3.73. The normalized spacial score (nSPS) is 16.0. The third kappa shape index (κ3) is 2.65. The van der Waals surface area contributed by atoms with Crippen LogP contribution in [0.4, 0.5) is 5.69 Å². The summed E-state index contributed by atoms with van der Waals surface area (Å²) < 4.78 is 1.14. The molecule has 21 heavy (non-hydrogen) atoms. The molecule has 0 saturated carbocycles. The predicted molar refractivity (Wildman–Crippen MR) is 91.1 cm³/mol. The lowest BCUT2D eigenvalue weighted by Crippen LogP contribution is -2.31. The summed E-state index contributed by atoms with van der Waals surface area (Å²) in [4.78, 5) is 14.8. The first kappa shape index (κ1) is 14.8. The van der Waals surface area contributed by atoms with Gasteiger partial charge >= 0.3 is 0 Å². The molecule has 2 aromatic rings. The molecule has 0 saturated heterocycles. The number of carbonyl (C=O) groups is 1. The van der Waals surface area contributed by atoms with Gasteiger partial charge in [0.2, 0.25) is 5.91 Å². The molecule has 3 nitrogen and oxygen atoms in total. The van der Waals surface area contributed by atoms with Crippen LogP contribution in [-0.4, -0.2) is 20.0 Å². The van der Waals surface area contributed by atoms with Crippen LogP contribution >= 0.6 is 27.3 Å². The molecule has 110 valence electrons. The van der Waals surface area contributed by atoms with E-state index in [1.165, 1.54) is 16.0 Å². The van der Waals surface area contributed by atoms with Crippen molar-refractivity contribution < 1.29 is 4.79 Å². The Bertz CT molecular complexity index is 683. The smallest absolute Gasteiger partial charge is 0.227 e. The summed E-state index contributed by atoms with van der Waals surface area (Å²) in [5.41, 5.74) is 3.53. The lowest BCUT2D eigenvalue weighted by Gasteiger charge is -2.27. The molecule has 1 amide bonds. The summed E-state index contributed by atoms with van der Waals surface area (Å²) in [5, 5.41) is 5.48. The number of rotatable bonds is 3. The maximum Gasteiger partial charge on any atom is 0.227 e. The molecule has 0 fully saturated rings. The van der Waals surface area contributed by atoms with E-state index in [1.807, 2.05) is 14.1 Å². The van der Waals surface area contributed by atoms with Gasteiger partial charge in [-0.05, 0) is 58.0 Å². The van der Waals surface area contributed by atoms with Crippen LogP contribution in [0.5, 0.6) is 0 Å².